The zero-order chi connectivity index (χ0) is 14.7. The minimum Gasteiger partial charge on any atom is -0.496 e. The first-order chi connectivity index (χ1) is 9.52. The summed E-state index contributed by atoms with van der Waals surface area (Å²) < 4.78 is 18.7. The molecule has 1 aromatic carbocycles. The number of benzene rings is 1. The molecule has 6 heteroatoms. The van der Waals surface area contributed by atoms with E-state index in [0.29, 0.717) is 11.5 Å². The highest BCUT2D eigenvalue weighted by Gasteiger charge is 2.18. The van der Waals surface area contributed by atoms with Crippen LogP contribution in [0.3, 0.4) is 0 Å². The van der Waals surface area contributed by atoms with Crippen molar-refractivity contribution in [2.45, 2.75) is 6.92 Å². The molecule has 0 saturated carbocycles. The number of amides is 1. The van der Waals surface area contributed by atoms with Gasteiger partial charge in [0.2, 0.25) is 0 Å². The second kappa shape index (κ2) is 5.56. The molecule has 0 atom stereocenters. The number of halogens is 1. The summed E-state index contributed by atoms with van der Waals surface area (Å²) in [6.45, 7) is 1.79. The third kappa shape index (κ3) is 2.69. The summed E-state index contributed by atoms with van der Waals surface area (Å²) >= 11 is 0. The number of pyridine rings is 1. The first-order valence-electron chi connectivity index (χ1n) is 5.89. The highest BCUT2D eigenvalue weighted by Crippen LogP contribution is 2.22. The van der Waals surface area contributed by atoms with Gasteiger partial charge in [-0.1, -0.05) is 6.07 Å². The van der Waals surface area contributed by atoms with Crippen molar-refractivity contribution in [2.24, 2.45) is 0 Å². The number of anilines is 2. The average Bonchev–Trinajstić information content (AvgIpc) is 2.42. The van der Waals surface area contributed by atoms with Gasteiger partial charge in [0.25, 0.3) is 5.91 Å². The molecule has 2 aromatic rings. The fraction of sp³-hybridized carbons (Fsp3) is 0.143. The summed E-state index contributed by atoms with van der Waals surface area (Å²) in [5, 5.41) is 2.52. The Balaban J connectivity index is 2.30. The van der Waals surface area contributed by atoms with Crippen molar-refractivity contribution in [3.63, 3.8) is 0 Å². The Bertz CT molecular complexity index is 659. The number of rotatable bonds is 3. The third-order valence-electron chi connectivity index (χ3n) is 2.82. The van der Waals surface area contributed by atoms with Crippen molar-refractivity contribution in [1.82, 2.24) is 4.98 Å². The molecule has 1 heterocycles. The molecule has 1 amide bonds. The van der Waals surface area contributed by atoms with Gasteiger partial charge in [0, 0.05) is 0 Å². The van der Waals surface area contributed by atoms with E-state index >= 15 is 0 Å². The van der Waals surface area contributed by atoms with Crippen LogP contribution in [0.1, 0.15) is 15.9 Å². The Morgan fingerprint density at radius 3 is 2.85 bits per heavy atom. The fourth-order valence-corrected chi connectivity index (χ4v) is 1.71. The smallest absolute Gasteiger partial charge is 0.263 e. The van der Waals surface area contributed by atoms with Gasteiger partial charge >= 0.3 is 0 Å². The van der Waals surface area contributed by atoms with E-state index in [1.807, 2.05) is 0 Å². The number of nitrogens with one attached hydrogen (secondary N) is 1. The molecular weight excluding hydrogens is 261 g/mol. The van der Waals surface area contributed by atoms with Crippen molar-refractivity contribution in [1.29, 1.82) is 0 Å². The van der Waals surface area contributed by atoms with E-state index in [9.17, 15) is 9.18 Å². The molecule has 0 fully saturated rings. The number of nitrogen functional groups attached to an aromatic ring is 1. The Hall–Kier alpha value is -2.63. The van der Waals surface area contributed by atoms with Gasteiger partial charge in [-0.2, -0.15) is 0 Å². The van der Waals surface area contributed by atoms with Gasteiger partial charge in [0.1, 0.15) is 22.9 Å². The lowest BCUT2D eigenvalue weighted by Gasteiger charge is -2.10. The van der Waals surface area contributed by atoms with Gasteiger partial charge < -0.3 is 15.8 Å². The summed E-state index contributed by atoms with van der Waals surface area (Å²) in [7, 11) is 1.37. The van der Waals surface area contributed by atoms with Crippen LogP contribution in [0, 0.1) is 12.7 Å². The van der Waals surface area contributed by atoms with Gasteiger partial charge in [0.05, 0.1) is 19.0 Å². The predicted octanol–water partition coefficient (Wildman–Crippen LogP) is 2.37. The van der Waals surface area contributed by atoms with Crippen molar-refractivity contribution in [3.8, 4) is 5.75 Å². The molecule has 0 aliphatic heterocycles. The highest BCUT2D eigenvalue weighted by molar-refractivity contribution is 6.06. The maximum Gasteiger partial charge on any atom is 0.263 e. The van der Waals surface area contributed by atoms with E-state index in [4.69, 9.17) is 10.5 Å². The highest BCUT2D eigenvalue weighted by atomic mass is 19.1. The molecule has 0 spiro atoms. The normalized spacial score (nSPS) is 10.2. The molecule has 1 aromatic heterocycles. The zero-order valence-electron chi connectivity index (χ0n) is 11.1. The van der Waals surface area contributed by atoms with Crippen LogP contribution >= 0.6 is 0 Å². The first-order valence-corrected chi connectivity index (χ1v) is 5.89. The maximum atomic E-state index is 13.8. The van der Waals surface area contributed by atoms with E-state index in [1.54, 1.807) is 13.0 Å². The van der Waals surface area contributed by atoms with E-state index < -0.39 is 11.7 Å². The number of carbonyl (C=O) groups is 1. The van der Waals surface area contributed by atoms with Crippen molar-refractivity contribution in [3.05, 3.63) is 47.4 Å². The van der Waals surface area contributed by atoms with Gasteiger partial charge in [-0.25, -0.2) is 9.37 Å². The number of nitrogens with zero attached hydrogens (tertiary/aromatic N) is 1. The molecule has 0 aliphatic rings. The number of methoxy groups -OCH3 is 1. The van der Waals surface area contributed by atoms with Gasteiger partial charge in [-0.05, 0) is 30.7 Å². The number of ether oxygens (including phenoxy) is 1. The first kappa shape index (κ1) is 13.8. The number of aryl methyl sites for hydroxylation is 1. The number of aromatic nitrogens is 1. The minimum atomic E-state index is -0.658. The SMILES string of the molecule is COc1cccc(F)c1C(=O)Nc1cc(C)c(N)cn1. The Morgan fingerprint density at radius 1 is 1.45 bits per heavy atom. The third-order valence-corrected chi connectivity index (χ3v) is 2.82. The summed E-state index contributed by atoms with van der Waals surface area (Å²) in [4.78, 5) is 16.1. The van der Waals surface area contributed by atoms with E-state index in [-0.39, 0.29) is 11.3 Å². The van der Waals surface area contributed by atoms with Gasteiger partial charge in [-0.3, -0.25) is 4.79 Å². The monoisotopic (exact) mass is 275 g/mol. The van der Waals surface area contributed by atoms with Crippen molar-refractivity contribution in [2.75, 3.05) is 18.2 Å². The Kier molecular flexibility index (Phi) is 3.84. The number of hydrogen-bond acceptors (Lipinski definition) is 4. The number of carbonyl (C=O) groups excluding carboxylic acids is 1. The topological polar surface area (TPSA) is 77.2 Å². The molecule has 104 valence electrons. The summed E-state index contributed by atoms with van der Waals surface area (Å²) in [5.41, 5.74) is 6.78. The lowest BCUT2D eigenvalue weighted by Crippen LogP contribution is -2.16. The second-order valence-electron chi connectivity index (χ2n) is 4.20. The van der Waals surface area contributed by atoms with Crippen LogP contribution in [0.4, 0.5) is 15.9 Å². The maximum absolute atomic E-state index is 13.8. The van der Waals surface area contributed by atoms with Crippen LogP contribution in [0.25, 0.3) is 0 Å². The molecule has 2 rings (SSSR count). The predicted molar refractivity (Wildman–Crippen MR) is 74.3 cm³/mol. The average molecular weight is 275 g/mol. The summed E-state index contributed by atoms with van der Waals surface area (Å²) in [5.74, 6) is -0.827. The Morgan fingerprint density at radius 2 is 2.20 bits per heavy atom. The van der Waals surface area contributed by atoms with Crippen LogP contribution in [-0.4, -0.2) is 18.0 Å². The molecule has 0 radical (unpaired) electrons. The summed E-state index contributed by atoms with van der Waals surface area (Å²) in [6.07, 6.45) is 1.43. The largest absolute Gasteiger partial charge is 0.496 e. The molecule has 0 aliphatic carbocycles. The standard InChI is InChI=1S/C14H14FN3O2/c1-8-6-12(17-7-10(8)16)18-14(19)13-9(15)4-3-5-11(13)20-2/h3-7H,16H2,1-2H3,(H,17,18,19). The minimum absolute atomic E-state index is 0.161. The van der Waals surface area contributed by atoms with E-state index in [0.717, 1.165) is 5.56 Å². The van der Waals surface area contributed by atoms with E-state index in [1.165, 1.54) is 31.5 Å². The lowest BCUT2D eigenvalue weighted by molar-refractivity contribution is 0.101. The molecule has 0 bridgehead atoms. The molecule has 3 N–H and O–H groups in total. The van der Waals surface area contributed by atoms with Crippen LogP contribution in [0.15, 0.2) is 30.5 Å². The molecule has 0 saturated heterocycles. The van der Waals surface area contributed by atoms with Crippen LogP contribution in [0.5, 0.6) is 5.75 Å². The van der Waals surface area contributed by atoms with Crippen LogP contribution < -0.4 is 15.8 Å². The lowest BCUT2D eigenvalue weighted by atomic mass is 10.1. The quantitative estimate of drug-likeness (QED) is 0.901. The zero-order valence-corrected chi connectivity index (χ0v) is 11.1. The van der Waals surface area contributed by atoms with E-state index in [2.05, 4.69) is 10.3 Å². The molecular formula is C14H14FN3O2. The fourth-order valence-electron chi connectivity index (χ4n) is 1.71. The molecule has 5 nitrogen and oxygen atoms in total. The van der Waals surface area contributed by atoms with Crippen LogP contribution in [-0.2, 0) is 0 Å². The molecule has 0 unspecified atom stereocenters. The number of nitrogens with two attached hydrogens (primary N) is 1. The van der Waals surface area contributed by atoms with Gasteiger partial charge in [-0.15, -0.1) is 0 Å². The van der Waals surface area contributed by atoms with Crippen molar-refractivity contribution < 1.29 is 13.9 Å². The van der Waals surface area contributed by atoms with Crippen molar-refractivity contribution >= 4 is 17.4 Å². The summed E-state index contributed by atoms with van der Waals surface area (Å²) in [6, 6.07) is 5.79. The second-order valence-corrected chi connectivity index (χ2v) is 4.20. The molecule has 20 heavy (non-hydrogen) atoms. The van der Waals surface area contributed by atoms with Gasteiger partial charge in [0.15, 0.2) is 0 Å². The number of hydrogen-bond donors (Lipinski definition) is 2. The Labute approximate surface area is 115 Å². The van der Waals surface area contributed by atoms with Crippen LogP contribution in [0.2, 0.25) is 0 Å².